The van der Waals surface area contributed by atoms with Crippen LogP contribution < -0.4 is 9.32 Å². The molecule has 0 spiro atoms. The van der Waals surface area contributed by atoms with Gasteiger partial charge in [-0.25, -0.2) is 0 Å². The molecule has 1 aromatic carbocycles. The van der Waals surface area contributed by atoms with Crippen molar-refractivity contribution in [2.75, 3.05) is 0 Å². The van der Waals surface area contributed by atoms with Crippen LogP contribution in [0.25, 0.3) is 0 Å². The van der Waals surface area contributed by atoms with E-state index in [-0.39, 0.29) is 11.5 Å². The standard InChI is InChI=1S/C6H6BrNO4S/c7-5-2-1-4(9)3-6(5)12-13(8,10)11/h1-3,9H,(H2,8,10,11). The van der Waals surface area contributed by atoms with Gasteiger partial charge in [-0.3, -0.25) is 0 Å². The van der Waals surface area contributed by atoms with Crippen LogP contribution in [0, 0.1) is 0 Å². The first-order valence-corrected chi connectivity index (χ1v) is 5.35. The Morgan fingerprint density at radius 2 is 2.08 bits per heavy atom. The number of hydrogen-bond donors (Lipinski definition) is 2. The molecule has 0 amide bonds. The second-order valence-electron chi connectivity index (χ2n) is 2.19. The van der Waals surface area contributed by atoms with Gasteiger partial charge in [0.1, 0.15) is 5.75 Å². The zero-order valence-electron chi connectivity index (χ0n) is 6.27. The molecule has 0 aliphatic carbocycles. The fourth-order valence-electron chi connectivity index (χ4n) is 0.681. The van der Waals surface area contributed by atoms with Crippen LogP contribution in [-0.2, 0) is 10.3 Å². The van der Waals surface area contributed by atoms with Gasteiger partial charge in [0.05, 0.1) is 4.47 Å². The maximum Gasteiger partial charge on any atom is 0.380 e. The van der Waals surface area contributed by atoms with Crippen LogP contribution in [0.4, 0.5) is 0 Å². The third-order valence-corrected chi connectivity index (χ3v) is 2.19. The fraction of sp³-hybridized carbons (Fsp3) is 0. The van der Waals surface area contributed by atoms with E-state index in [1.54, 1.807) is 0 Å². The molecule has 3 N–H and O–H groups in total. The van der Waals surface area contributed by atoms with Crippen LogP contribution in [0.1, 0.15) is 0 Å². The number of aromatic hydroxyl groups is 1. The van der Waals surface area contributed by atoms with Crippen molar-refractivity contribution >= 4 is 26.2 Å². The summed E-state index contributed by atoms with van der Waals surface area (Å²) in [4.78, 5) is 0. The summed E-state index contributed by atoms with van der Waals surface area (Å²) < 4.78 is 25.8. The van der Waals surface area contributed by atoms with E-state index in [0.29, 0.717) is 4.47 Å². The third-order valence-electron chi connectivity index (χ3n) is 1.12. The number of nitrogens with two attached hydrogens (primary N) is 1. The molecule has 7 heteroatoms. The van der Waals surface area contributed by atoms with Crippen LogP contribution in [0.2, 0.25) is 0 Å². The van der Waals surface area contributed by atoms with E-state index in [9.17, 15) is 8.42 Å². The van der Waals surface area contributed by atoms with Crippen molar-refractivity contribution in [2.24, 2.45) is 5.14 Å². The molecule has 5 nitrogen and oxygen atoms in total. The van der Waals surface area contributed by atoms with Crippen LogP contribution in [0.3, 0.4) is 0 Å². The van der Waals surface area contributed by atoms with Crippen molar-refractivity contribution in [3.8, 4) is 11.5 Å². The lowest BCUT2D eigenvalue weighted by molar-refractivity contribution is 0.463. The Bertz CT molecular complexity index is 417. The molecule has 0 bridgehead atoms. The molecule has 0 unspecified atom stereocenters. The Hall–Kier alpha value is -0.790. The molecule has 0 aromatic heterocycles. The Morgan fingerprint density at radius 1 is 1.46 bits per heavy atom. The van der Waals surface area contributed by atoms with Crippen molar-refractivity contribution in [1.82, 2.24) is 0 Å². The zero-order chi connectivity index (χ0) is 10.1. The normalized spacial score (nSPS) is 11.2. The topological polar surface area (TPSA) is 89.6 Å². The van der Waals surface area contributed by atoms with E-state index in [1.165, 1.54) is 12.1 Å². The summed E-state index contributed by atoms with van der Waals surface area (Å²) in [5.74, 6) is -0.163. The first-order chi connectivity index (χ1) is 5.88. The first kappa shape index (κ1) is 10.3. The number of rotatable bonds is 2. The van der Waals surface area contributed by atoms with E-state index >= 15 is 0 Å². The maximum absolute atomic E-state index is 10.5. The number of benzene rings is 1. The van der Waals surface area contributed by atoms with E-state index in [4.69, 9.17) is 5.11 Å². The lowest BCUT2D eigenvalue weighted by Gasteiger charge is -2.04. The molecule has 1 rings (SSSR count). The van der Waals surface area contributed by atoms with Gasteiger partial charge in [0.25, 0.3) is 0 Å². The van der Waals surface area contributed by atoms with Crippen molar-refractivity contribution in [3.05, 3.63) is 22.7 Å². The molecule has 0 saturated carbocycles. The van der Waals surface area contributed by atoms with Gasteiger partial charge in [0.2, 0.25) is 0 Å². The number of phenolic OH excluding ortho intramolecular Hbond substituents is 1. The highest BCUT2D eigenvalue weighted by molar-refractivity contribution is 9.10. The monoisotopic (exact) mass is 267 g/mol. The molecular weight excluding hydrogens is 262 g/mol. The van der Waals surface area contributed by atoms with Crippen molar-refractivity contribution in [3.63, 3.8) is 0 Å². The highest BCUT2D eigenvalue weighted by Gasteiger charge is 2.09. The van der Waals surface area contributed by atoms with Gasteiger partial charge < -0.3 is 9.29 Å². The molecule has 0 saturated heterocycles. The molecule has 0 heterocycles. The summed E-state index contributed by atoms with van der Waals surface area (Å²) in [7, 11) is -4.06. The molecule has 0 fully saturated rings. The minimum absolute atomic E-state index is 0.0532. The Kier molecular flexibility index (Phi) is 2.79. The molecule has 0 atom stereocenters. The minimum Gasteiger partial charge on any atom is -0.508 e. The number of phenols is 1. The molecular formula is C6H6BrNO4S. The molecule has 0 radical (unpaired) electrons. The number of hydrogen-bond acceptors (Lipinski definition) is 4. The van der Waals surface area contributed by atoms with E-state index in [1.807, 2.05) is 0 Å². The summed E-state index contributed by atoms with van der Waals surface area (Å²) in [6.45, 7) is 0. The predicted molar refractivity (Wildman–Crippen MR) is 49.5 cm³/mol. The van der Waals surface area contributed by atoms with Crippen LogP contribution in [-0.4, -0.2) is 13.5 Å². The molecule has 72 valence electrons. The van der Waals surface area contributed by atoms with Crippen molar-refractivity contribution in [2.45, 2.75) is 0 Å². The summed E-state index contributed by atoms with van der Waals surface area (Å²) >= 11 is 3.03. The quantitative estimate of drug-likeness (QED) is 0.827. The average Bonchev–Trinajstić information content (AvgIpc) is 1.94. The Balaban J connectivity index is 3.08. The van der Waals surface area contributed by atoms with Gasteiger partial charge in [-0.15, -0.1) is 0 Å². The van der Waals surface area contributed by atoms with Gasteiger partial charge >= 0.3 is 10.3 Å². The second kappa shape index (κ2) is 3.52. The summed E-state index contributed by atoms with van der Waals surface area (Å²) in [5.41, 5.74) is 0. The highest BCUT2D eigenvalue weighted by Crippen LogP contribution is 2.29. The predicted octanol–water partition coefficient (Wildman–Crippen LogP) is 0.737. The van der Waals surface area contributed by atoms with Crippen LogP contribution in [0.5, 0.6) is 11.5 Å². The van der Waals surface area contributed by atoms with E-state index < -0.39 is 10.3 Å². The van der Waals surface area contributed by atoms with Gasteiger partial charge in [-0.2, -0.15) is 13.6 Å². The van der Waals surface area contributed by atoms with Crippen molar-refractivity contribution < 1.29 is 17.7 Å². The van der Waals surface area contributed by atoms with Gasteiger partial charge in [-0.1, -0.05) is 0 Å². The van der Waals surface area contributed by atoms with Crippen molar-refractivity contribution in [1.29, 1.82) is 0 Å². The minimum atomic E-state index is -4.06. The van der Waals surface area contributed by atoms with Crippen LogP contribution >= 0.6 is 15.9 Å². The van der Waals surface area contributed by atoms with E-state index in [2.05, 4.69) is 25.3 Å². The largest absolute Gasteiger partial charge is 0.508 e. The third kappa shape index (κ3) is 3.21. The SMILES string of the molecule is NS(=O)(=O)Oc1cc(O)ccc1Br. The first-order valence-electron chi connectivity index (χ1n) is 3.09. The maximum atomic E-state index is 10.5. The highest BCUT2D eigenvalue weighted by atomic mass is 79.9. The van der Waals surface area contributed by atoms with Crippen LogP contribution in [0.15, 0.2) is 22.7 Å². The lowest BCUT2D eigenvalue weighted by Crippen LogP contribution is -2.19. The summed E-state index contributed by atoms with van der Waals surface area (Å²) in [6.07, 6.45) is 0. The average molecular weight is 268 g/mol. The molecule has 1 aromatic rings. The van der Waals surface area contributed by atoms with E-state index in [0.717, 1.165) is 6.07 Å². The molecule has 0 aliphatic heterocycles. The molecule has 13 heavy (non-hydrogen) atoms. The Labute approximate surface area is 83.5 Å². The summed E-state index contributed by atoms with van der Waals surface area (Å²) in [6, 6.07) is 3.95. The van der Waals surface area contributed by atoms with Gasteiger partial charge in [-0.05, 0) is 28.1 Å². The summed E-state index contributed by atoms with van der Waals surface area (Å²) in [5, 5.41) is 13.6. The second-order valence-corrected chi connectivity index (χ2v) is 4.20. The molecule has 0 aliphatic rings. The smallest absolute Gasteiger partial charge is 0.380 e. The van der Waals surface area contributed by atoms with Gasteiger partial charge in [0.15, 0.2) is 5.75 Å². The number of halogens is 1. The lowest BCUT2D eigenvalue weighted by atomic mass is 10.3. The zero-order valence-corrected chi connectivity index (χ0v) is 8.67. The Morgan fingerprint density at radius 3 is 2.62 bits per heavy atom. The van der Waals surface area contributed by atoms with Gasteiger partial charge in [0, 0.05) is 6.07 Å². The fourth-order valence-corrected chi connectivity index (χ4v) is 1.50.